The van der Waals surface area contributed by atoms with Crippen LogP contribution in [0.3, 0.4) is 0 Å². The van der Waals surface area contributed by atoms with Gasteiger partial charge in [-0.25, -0.2) is 0 Å². The van der Waals surface area contributed by atoms with E-state index in [1.165, 1.54) is 31.4 Å². The maximum atomic E-state index is 12.9. The number of hydrogen-bond donors (Lipinski definition) is 0. The SMILES string of the molecule is COc1ccc(Cl)cc1C(=O)N=c1sc(C(C)(C)C)cn1CC(C)(C)OC(C)=O. The number of nitrogens with zero attached hydrogens (tertiary/aromatic N) is 2. The average Bonchev–Trinajstić information content (AvgIpc) is 2.95. The molecular formula is C21H27ClN2O4S. The molecule has 0 atom stereocenters. The van der Waals surface area contributed by atoms with E-state index in [2.05, 4.69) is 25.8 Å². The van der Waals surface area contributed by atoms with Crippen LogP contribution in [0.5, 0.6) is 5.75 Å². The molecule has 0 fully saturated rings. The number of benzene rings is 1. The third kappa shape index (κ3) is 6.18. The minimum atomic E-state index is -0.756. The molecule has 0 aliphatic heterocycles. The fraction of sp³-hybridized carbons (Fsp3) is 0.476. The zero-order valence-corrected chi connectivity index (χ0v) is 19.4. The number of hydrogen-bond acceptors (Lipinski definition) is 5. The molecule has 1 aromatic heterocycles. The normalized spacial score (nSPS) is 12.8. The Labute approximate surface area is 180 Å². The largest absolute Gasteiger partial charge is 0.496 e. The Balaban J connectivity index is 2.55. The monoisotopic (exact) mass is 438 g/mol. The van der Waals surface area contributed by atoms with Crippen LogP contribution in [0.4, 0.5) is 0 Å². The third-order valence-electron chi connectivity index (χ3n) is 4.02. The average molecular weight is 439 g/mol. The van der Waals surface area contributed by atoms with Crippen molar-refractivity contribution in [3.8, 4) is 5.75 Å². The van der Waals surface area contributed by atoms with Gasteiger partial charge in [0.15, 0.2) is 4.80 Å². The third-order valence-corrected chi connectivity index (χ3v) is 5.70. The van der Waals surface area contributed by atoms with Gasteiger partial charge >= 0.3 is 5.97 Å². The number of amides is 1. The van der Waals surface area contributed by atoms with Gasteiger partial charge in [0.25, 0.3) is 5.91 Å². The van der Waals surface area contributed by atoms with E-state index >= 15 is 0 Å². The first kappa shape index (κ1) is 23.2. The van der Waals surface area contributed by atoms with E-state index in [4.69, 9.17) is 21.1 Å². The highest BCUT2D eigenvalue weighted by atomic mass is 35.5. The molecule has 2 rings (SSSR count). The molecule has 1 amide bonds. The fourth-order valence-electron chi connectivity index (χ4n) is 2.75. The molecule has 1 heterocycles. The van der Waals surface area contributed by atoms with Crippen molar-refractivity contribution < 1.29 is 19.1 Å². The van der Waals surface area contributed by atoms with Gasteiger partial charge in [-0.1, -0.05) is 32.4 Å². The van der Waals surface area contributed by atoms with Crippen molar-refractivity contribution in [2.75, 3.05) is 7.11 Å². The summed E-state index contributed by atoms with van der Waals surface area (Å²) in [5, 5.41) is 0.426. The Morgan fingerprint density at radius 2 is 1.86 bits per heavy atom. The molecule has 0 aliphatic carbocycles. The van der Waals surface area contributed by atoms with Crippen LogP contribution in [0.1, 0.15) is 56.8 Å². The predicted molar refractivity (Wildman–Crippen MR) is 115 cm³/mol. The second-order valence-electron chi connectivity index (χ2n) is 8.37. The molecular weight excluding hydrogens is 412 g/mol. The number of halogens is 1. The summed E-state index contributed by atoms with van der Waals surface area (Å²) in [4.78, 5) is 30.2. The molecule has 0 aliphatic rings. The molecule has 0 radical (unpaired) electrons. The Morgan fingerprint density at radius 1 is 1.21 bits per heavy atom. The number of esters is 1. The maximum absolute atomic E-state index is 12.9. The number of methoxy groups -OCH3 is 1. The number of rotatable bonds is 5. The first-order chi connectivity index (χ1) is 13.3. The molecule has 1 aromatic carbocycles. The lowest BCUT2D eigenvalue weighted by atomic mass is 9.95. The van der Waals surface area contributed by atoms with E-state index in [0.717, 1.165) is 4.88 Å². The van der Waals surface area contributed by atoms with Gasteiger partial charge in [0.2, 0.25) is 0 Å². The van der Waals surface area contributed by atoms with Crippen molar-refractivity contribution in [3.63, 3.8) is 0 Å². The van der Waals surface area contributed by atoms with Crippen molar-refractivity contribution in [1.82, 2.24) is 4.57 Å². The van der Waals surface area contributed by atoms with Crippen molar-refractivity contribution in [2.24, 2.45) is 4.99 Å². The lowest BCUT2D eigenvalue weighted by Gasteiger charge is -2.25. The quantitative estimate of drug-likeness (QED) is 0.640. The lowest BCUT2D eigenvalue weighted by molar-refractivity contribution is -0.154. The highest BCUT2D eigenvalue weighted by Crippen LogP contribution is 2.26. The van der Waals surface area contributed by atoms with Crippen LogP contribution in [0, 0.1) is 0 Å². The molecule has 6 nitrogen and oxygen atoms in total. The van der Waals surface area contributed by atoms with Gasteiger partial charge in [-0.05, 0) is 37.5 Å². The molecule has 8 heteroatoms. The molecule has 158 valence electrons. The van der Waals surface area contributed by atoms with E-state index in [1.807, 2.05) is 24.6 Å². The predicted octanol–water partition coefficient (Wildman–Crippen LogP) is 4.59. The molecule has 0 spiro atoms. The van der Waals surface area contributed by atoms with Gasteiger partial charge in [0.1, 0.15) is 11.4 Å². The number of carbonyl (C=O) groups is 2. The Kier molecular flexibility index (Phi) is 6.96. The summed E-state index contributed by atoms with van der Waals surface area (Å²) in [7, 11) is 1.49. The molecule has 0 unspecified atom stereocenters. The van der Waals surface area contributed by atoms with Crippen molar-refractivity contribution >= 4 is 34.8 Å². The first-order valence-corrected chi connectivity index (χ1v) is 10.3. The van der Waals surface area contributed by atoms with Gasteiger partial charge in [-0.3, -0.25) is 9.59 Å². The molecule has 0 saturated heterocycles. The minimum Gasteiger partial charge on any atom is -0.496 e. The second kappa shape index (κ2) is 8.71. The van der Waals surface area contributed by atoms with Crippen LogP contribution in [0.15, 0.2) is 29.4 Å². The highest BCUT2D eigenvalue weighted by Gasteiger charge is 2.25. The zero-order chi connectivity index (χ0) is 22.0. The Bertz CT molecular complexity index is 983. The summed E-state index contributed by atoms with van der Waals surface area (Å²) in [5.74, 6) is -0.409. The van der Waals surface area contributed by atoms with E-state index in [9.17, 15) is 9.59 Å². The summed E-state index contributed by atoms with van der Waals surface area (Å²) < 4.78 is 12.5. The summed E-state index contributed by atoms with van der Waals surface area (Å²) in [6, 6.07) is 4.83. The van der Waals surface area contributed by atoms with Gasteiger partial charge in [0, 0.05) is 23.0 Å². The van der Waals surface area contributed by atoms with Crippen molar-refractivity contribution in [2.45, 2.75) is 59.1 Å². The molecule has 0 saturated carbocycles. The molecule has 2 aromatic rings. The molecule has 29 heavy (non-hydrogen) atoms. The Morgan fingerprint density at radius 3 is 2.41 bits per heavy atom. The van der Waals surface area contributed by atoms with Crippen LogP contribution >= 0.6 is 22.9 Å². The van der Waals surface area contributed by atoms with E-state index in [-0.39, 0.29) is 16.9 Å². The highest BCUT2D eigenvalue weighted by molar-refractivity contribution is 7.09. The Hall–Kier alpha value is -2.12. The summed E-state index contributed by atoms with van der Waals surface area (Å²) in [6.45, 7) is 11.6. The number of thiazole rings is 1. The van der Waals surface area contributed by atoms with Crippen LogP contribution in [0.25, 0.3) is 0 Å². The van der Waals surface area contributed by atoms with Crippen LogP contribution in [-0.4, -0.2) is 29.2 Å². The summed E-state index contributed by atoms with van der Waals surface area (Å²) in [5.41, 5.74) is -0.590. The molecule has 0 bridgehead atoms. The van der Waals surface area contributed by atoms with Crippen molar-refractivity contribution in [1.29, 1.82) is 0 Å². The number of aromatic nitrogens is 1. The van der Waals surface area contributed by atoms with Crippen LogP contribution in [0.2, 0.25) is 5.02 Å². The van der Waals surface area contributed by atoms with Gasteiger partial charge in [0.05, 0.1) is 19.2 Å². The van der Waals surface area contributed by atoms with Crippen molar-refractivity contribution in [3.05, 3.63) is 44.7 Å². The van der Waals surface area contributed by atoms with E-state index in [1.54, 1.807) is 12.1 Å². The van der Waals surface area contributed by atoms with Gasteiger partial charge < -0.3 is 14.0 Å². The smallest absolute Gasteiger partial charge is 0.303 e. The molecule has 0 N–H and O–H groups in total. The zero-order valence-electron chi connectivity index (χ0n) is 17.8. The minimum absolute atomic E-state index is 0.122. The van der Waals surface area contributed by atoms with Crippen LogP contribution < -0.4 is 9.54 Å². The number of ether oxygens (including phenoxy) is 2. The standard InChI is InChI=1S/C21H27ClN2O4S/c1-13(25)28-21(5,6)12-24-11-17(20(2,3)4)29-19(24)23-18(26)15-10-14(22)8-9-16(15)27-7/h8-11H,12H2,1-7H3. The fourth-order valence-corrected chi connectivity index (χ4v) is 3.97. The maximum Gasteiger partial charge on any atom is 0.303 e. The lowest BCUT2D eigenvalue weighted by Crippen LogP contribution is -2.35. The van der Waals surface area contributed by atoms with Crippen LogP contribution in [-0.2, 0) is 21.5 Å². The number of carbonyl (C=O) groups excluding carboxylic acids is 2. The summed E-state index contributed by atoms with van der Waals surface area (Å²) >= 11 is 7.48. The van der Waals surface area contributed by atoms with Gasteiger partial charge in [-0.15, -0.1) is 11.3 Å². The summed E-state index contributed by atoms with van der Waals surface area (Å²) in [6.07, 6.45) is 1.96. The second-order valence-corrected chi connectivity index (χ2v) is 9.82. The topological polar surface area (TPSA) is 69.9 Å². The first-order valence-electron chi connectivity index (χ1n) is 9.15. The van der Waals surface area contributed by atoms with Gasteiger partial charge in [-0.2, -0.15) is 4.99 Å². The van der Waals surface area contributed by atoms with E-state index < -0.39 is 11.5 Å². The van der Waals surface area contributed by atoms with E-state index in [0.29, 0.717) is 22.1 Å².